The predicted molar refractivity (Wildman–Crippen MR) is 44.1 cm³/mol. The summed E-state index contributed by atoms with van der Waals surface area (Å²) in [6, 6.07) is 0. The van der Waals surface area contributed by atoms with Crippen LogP contribution in [0.1, 0.15) is 25.7 Å². The van der Waals surface area contributed by atoms with Gasteiger partial charge in [0, 0.05) is 6.61 Å². The predicted octanol–water partition coefficient (Wildman–Crippen LogP) is -3.75. The second-order valence-electron chi connectivity index (χ2n) is 3.15. The van der Waals surface area contributed by atoms with Gasteiger partial charge >= 0.3 is 26.2 Å². The van der Waals surface area contributed by atoms with Crippen molar-refractivity contribution in [2.24, 2.45) is 0 Å². The van der Waals surface area contributed by atoms with Crippen molar-refractivity contribution in [2.75, 3.05) is 6.61 Å². The molecular formula is C10H13Cl2OZr. The summed E-state index contributed by atoms with van der Waals surface area (Å²) in [7, 11) is 0. The third kappa shape index (κ3) is 5.12. The van der Waals surface area contributed by atoms with Gasteiger partial charge in [-0.3, -0.25) is 6.08 Å². The van der Waals surface area contributed by atoms with Gasteiger partial charge in [-0.2, -0.15) is 6.08 Å². The third-order valence-electron chi connectivity index (χ3n) is 2.24. The molecule has 0 amide bonds. The molecule has 0 bridgehead atoms. The van der Waals surface area contributed by atoms with Gasteiger partial charge in [-0.15, -0.1) is 6.42 Å². The molecule has 1 aliphatic heterocycles. The molecule has 1 atom stereocenters. The maximum Gasteiger partial charge on any atom is 3.00 e. The zero-order valence-corrected chi connectivity index (χ0v) is 11.9. The normalized spacial score (nSPS) is 23.1. The van der Waals surface area contributed by atoms with Gasteiger partial charge in [-0.05, 0) is 19.3 Å². The van der Waals surface area contributed by atoms with Crippen LogP contribution in [0, 0.1) is 6.08 Å². The molecule has 1 unspecified atom stereocenters. The Balaban J connectivity index is 0. The Kier molecular flexibility index (Phi) is 11.3. The van der Waals surface area contributed by atoms with E-state index in [9.17, 15) is 0 Å². The quantitative estimate of drug-likeness (QED) is 0.476. The summed E-state index contributed by atoms with van der Waals surface area (Å²) < 4.78 is 5.52. The second kappa shape index (κ2) is 9.15. The summed E-state index contributed by atoms with van der Waals surface area (Å²) in [5.41, 5.74) is 1.34. The number of halogens is 2. The van der Waals surface area contributed by atoms with E-state index in [1.54, 1.807) is 0 Å². The fraction of sp³-hybridized carbons (Fsp3) is 0.600. The smallest absolute Gasteiger partial charge is 1.00 e. The number of rotatable bonds is 2. The summed E-state index contributed by atoms with van der Waals surface area (Å²) in [6.45, 7) is 0.960. The topological polar surface area (TPSA) is 9.23 Å². The van der Waals surface area contributed by atoms with Gasteiger partial charge in [-0.1, -0.05) is 0 Å². The van der Waals surface area contributed by atoms with E-state index >= 15 is 0 Å². The third-order valence-corrected chi connectivity index (χ3v) is 2.24. The van der Waals surface area contributed by atoms with Gasteiger partial charge in [0.2, 0.25) is 0 Å². The fourth-order valence-corrected chi connectivity index (χ4v) is 1.64. The SMILES string of the molecule is [C-]1=C(CC2CCCO2)C=CC1.[Cl-].[Cl-].[Zr+3]. The van der Waals surface area contributed by atoms with Gasteiger partial charge in [0.15, 0.2) is 0 Å². The number of allylic oxidation sites excluding steroid dienone is 3. The van der Waals surface area contributed by atoms with Crippen LogP contribution in [0.2, 0.25) is 0 Å². The van der Waals surface area contributed by atoms with Crippen molar-refractivity contribution in [3.8, 4) is 0 Å². The van der Waals surface area contributed by atoms with E-state index in [0.717, 1.165) is 19.4 Å². The zero-order valence-electron chi connectivity index (χ0n) is 7.93. The molecular weight excluding hydrogens is 298 g/mol. The van der Waals surface area contributed by atoms with Gasteiger partial charge in [0.25, 0.3) is 0 Å². The van der Waals surface area contributed by atoms with Crippen LogP contribution in [0.5, 0.6) is 0 Å². The van der Waals surface area contributed by atoms with E-state index in [-0.39, 0.29) is 51.0 Å². The Morgan fingerprint density at radius 3 is 2.71 bits per heavy atom. The monoisotopic (exact) mass is 309 g/mol. The van der Waals surface area contributed by atoms with E-state index in [4.69, 9.17) is 4.74 Å². The van der Waals surface area contributed by atoms with Crippen molar-refractivity contribution in [1.29, 1.82) is 0 Å². The zero-order chi connectivity index (χ0) is 7.52. The number of ether oxygens (including phenoxy) is 1. The molecule has 1 heterocycles. The van der Waals surface area contributed by atoms with Gasteiger partial charge in [0.05, 0.1) is 6.10 Å². The second-order valence-corrected chi connectivity index (χ2v) is 3.15. The molecule has 0 saturated carbocycles. The van der Waals surface area contributed by atoms with Crippen molar-refractivity contribution in [3.63, 3.8) is 0 Å². The van der Waals surface area contributed by atoms with Gasteiger partial charge in [0.1, 0.15) is 0 Å². The van der Waals surface area contributed by atoms with E-state index in [1.165, 1.54) is 18.4 Å². The first-order chi connectivity index (χ1) is 5.45. The fourth-order valence-electron chi connectivity index (χ4n) is 1.64. The first-order valence-corrected chi connectivity index (χ1v) is 4.33. The summed E-state index contributed by atoms with van der Waals surface area (Å²) >= 11 is 0. The van der Waals surface area contributed by atoms with Crippen LogP contribution >= 0.6 is 0 Å². The molecule has 1 saturated heterocycles. The molecule has 14 heavy (non-hydrogen) atoms. The number of hydrogen-bond donors (Lipinski definition) is 0. The molecule has 1 radical (unpaired) electrons. The first kappa shape index (κ1) is 17.3. The largest absolute Gasteiger partial charge is 3.00 e. The van der Waals surface area contributed by atoms with E-state index in [0.29, 0.717) is 6.10 Å². The Morgan fingerprint density at radius 1 is 1.43 bits per heavy atom. The summed E-state index contributed by atoms with van der Waals surface area (Å²) in [4.78, 5) is 0. The Morgan fingerprint density at radius 2 is 2.21 bits per heavy atom. The van der Waals surface area contributed by atoms with Crippen molar-refractivity contribution in [2.45, 2.75) is 31.8 Å². The molecule has 0 spiro atoms. The molecule has 1 aliphatic carbocycles. The minimum absolute atomic E-state index is 0. The molecule has 0 aromatic heterocycles. The molecule has 2 rings (SSSR count). The van der Waals surface area contributed by atoms with Crippen molar-refractivity contribution >= 4 is 0 Å². The van der Waals surface area contributed by atoms with E-state index in [1.807, 2.05) is 0 Å². The van der Waals surface area contributed by atoms with E-state index in [2.05, 4.69) is 18.2 Å². The molecule has 0 aromatic carbocycles. The minimum atomic E-state index is 0. The molecule has 0 aromatic rings. The Bertz CT molecular complexity index is 198. The molecule has 1 nitrogen and oxygen atoms in total. The summed E-state index contributed by atoms with van der Waals surface area (Å²) in [5.74, 6) is 0. The Labute approximate surface area is 117 Å². The number of hydrogen-bond acceptors (Lipinski definition) is 1. The minimum Gasteiger partial charge on any atom is -1.00 e. The van der Waals surface area contributed by atoms with Crippen LogP contribution < -0.4 is 24.8 Å². The van der Waals surface area contributed by atoms with Crippen molar-refractivity contribution in [1.82, 2.24) is 0 Å². The van der Waals surface area contributed by atoms with Gasteiger partial charge < -0.3 is 29.6 Å². The maximum atomic E-state index is 5.52. The maximum absolute atomic E-state index is 5.52. The van der Waals surface area contributed by atoms with Crippen LogP contribution in [0.3, 0.4) is 0 Å². The Hall–Kier alpha value is 0.903. The van der Waals surface area contributed by atoms with Crippen molar-refractivity contribution in [3.05, 3.63) is 23.8 Å². The van der Waals surface area contributed by atoms with Crippen LogP contribution in [0.15, 0.2) is 17.7 Å². The molecule has 77 valence electrons. The molecule has 0 N–H and O–H groups in total. The summed E-state index contributed by atoms with van der Waals surface area (Å²) in [5, 5.41) is 0. The van der Waals surface area contributed by atoms with Crippen LogP contribution in [0.4, 0.5) is 0 Å². The molecule has 2 aliphatic rings. The van der Waals surface area contributed by atoms with Crippen LogP contribution in [-0.2, 0) is 30.9 Å². The van der Waals surface area contributed by atoms with E-state index < -0.39 is 0 Å². The first-order valence-electron chi connectivity index (χ1n) is 4.33. The van der Waals surface area contributed by atoms with Crippen LogP contribution in [0.25, 0.3) is 0 Å². The standard InChI is InChI=1S/C10H13O.2ClH.Zr/c1-2-5-9(4-1)8-10-6-3-7-11-10;;;/h1,4,10H,2-3,6-8H2;2*1H;/q-1;;;+3/p-2. The molecule has 4 heteroatoms. The van der Waals surface area contributed by atoms with Gasteiger partial charge in [-0.25, -0.2) is 11.6 Å². The van der Waals surface area contributed by atoms with Crippen molar-refractivity contribution < 1.29 is 55.8 Å². The molecule has 1 fully saturated rings. The van der Waals surface area contributed by atoms with Crippen LogP contribution in [-0.4, -0.2) is 12.7 Å². The average Bonchev–Trinajstić information content (AvgIpc) is 2.60. The average molecular weight is 311 g/mol. The summed E-state index contributed by atoms with van der Waals surface area (Å²) in [6.07, 6.45) is 12.7.